The molecule has 0 aliphatic rings. The molecular weight excluding hydrogens is 398 g/mol. The second kappa shape index (κ2) is 10.3. The number of carbonyl (C=O) groups is 2. The molecule has 2 atom stereocenters. The molecule has 0 unspecified atom stereocenters. The molecule has 2 amide bonds. The van der Waals surface area contributed by atoms with Gasteiger partial charge in [0.05, 0.1) is 6.42 Å². The van der Waals surface area contributed by atoms with Crippen molar-refractivity contribution in [2.24, 2.45) is 0 Å². The molecule has 1 N–H and O–H groups in total. The van der Waals surface area contributed by atoms with Gasteiger partial charge in [0.15, 0.2) is 0 Å². The van der Waals surface area contributed by atoms with Gasteiger partial charge in [0.2, 0.25) is 11.8 Å². The average molecular weight is 423 g/mol. The van der Waals surface area contributed by atoms with Crippen LogP contribution >= 0.6 is 11.6 Å². The molecule has 156 valence electrons. The summed E-state index contributed by atoms with van der Waals surface area (Å²) in [6.07, 6.45) is 0.394. The first-order valence-electron chi connectivity index (χ1n) is 9.50. The second-order valence-electron chi connectivity index (χ2n) is 6.98. The fourth-order valence-electron chi connectivity index (χ4n) is 2.81. The van der Waals surface area contributed by atoms with Crippen LogP contribution in [0.3, 0.4) is 0 Å². The number of carbonyl (C=O) groups excluding carboxylic acids is 2. The van der Waals surface area contributed by atoms with Gasteiger partial charge in [0.1, 0.15) is 17.7 Å². The van der Waals surface area contributed by atoms with Gasteiger partial charge in [0, 0.05) is 28.7 Å². The third kappa shape index (κ3) is 6.00. The number of halogens is 3. The SMILES string of the molecule is CC[C@@H](C)NC(=O)[C@@H](C)N(Cc1ccccc1F)C(=O)Cc1c(F)cccc1Cl. The van der Waals surface area contributed by atoms with Crippen molar-refractivity contribution < 1.29 is 18.4 Å². The summed E-state index contributed by atoms with van der Waals surface area (Å²) in [4.78, 5) is 26.9. The van der Waals surface area contributed by atoms with E-state index in [1.54, 1.807) is 25.1 Å². The van der Waals surface area contributed by atoms with Crippen molar-refractivity contribution in [3.63, 3.8) is 0 Å². The highest BCUT2D eigenvalue weighted by Gasteiger charge is 2.28. The first kappa shape index (κ1) is 22.8. The number of benzene rings is 2. The lowest BCUT2D eigenvalue weighted by Crippen LogP contribution is -2.50. The molecule has 4 nitrogen and oxygen atoms in total. The smallest absolute Gasteiger partial charge is 0.242 e. The minimum atomic E-state index is -0.873. The molecule has 0 bridgehead atoms. The third-order valence-electron chi connectivity index (χ3n) is 4.86. The molecule has 0 spiro atoms. The van der Waals surface area contributed by atoms with Crippen LogP contribution < -0.4 is 5.32 Å². The van der Waals surface area contributed by atoms with Crippen LogP contribution in [0, 0.1) is 11.6 Å². The van der Waals surface area contributed by atoms with E-state index in [2.05, 4.69) is 5.32 Å². The van der Waals surface area contributed by atoms with Crippen LogP contribution in [0.2, 0.25) is 5.02 Å². The Morgan fingerprint density at radius 2 is 1.72 bits per heavy atom. The Bertz CT molecular complexity index is 855. The van der Waals surface area contributed by atoms with E-state index < -0.39 is 23.6 Å². The number of nitrogens with one attached hydrogen (secondary N) is 1. The van der Waals surface area contributed by atoms with Gasteiger partial charge in [-0.15, -0.1) is 0 Å². The Balaban J connectivity index is 2.31. The van der Waals surface area contributed by atoms with E-state index in [4.69, 9.17) is 11.6 Å². The molecule has 2 aromatic rings. The summed E-state index contributed by atoms with van der Waals surface area (Å²) < 4.78 is 28.3. The van der Waals surface area contributed by atoms with Crippen molar-refractivity contribution in [2.45, 2.75) is 52.2 Å². The topological polar surface area (TPSA) is 49.4 Å². The van der Waals surface area contributed by atoms with Crippen LogP contribution in [0.5, 0.6) is 0 Å². The summed E-state index contributed by atoms with van der Waals surface area (Å²) in [7, 11) is 0. The maximum Gasteiger partial charge on any atom is 0.242 e. The van der Waals surface area contributed by atoms with Crippen LogP contribution in [0.25, 0.3) is 0 Å². The molecule has 0 aromatic heterocycles. The Labute approximate surface area is 174 Å². The molecule has 7 heteroatoms. The van der Waals surface area contributed by atoms with Crippen LogP contribution in [0.4, 0.5) is 8.78 Å². The Morgan fingerprint density at radius 1 is 1.07 bits per heavy atom. The Hall–Kier alpha value is -2.47. The number of nitrogens with zero attached hydrogens (tertiary/aromatic N) is 1. The normalized spacial score (nSPS) is 12.9. The van der Waals surface area contributed by atoms with E-state index in [9.17, 15) is 18.4 Å². The first-order chi connectivity index (χ1) is 13.7. The molecule has 2 aromatic carbocycles. The molecule has 0 saturated heterocycles. The molecule has 0 aliphatic carbocycles. The van der Waals surface area contributed by atoms with Crippen molar-refractivity contribution in [2.75, 3.05) is 0 Å². The van der Waals surface area contributed by atoms with E-state index in [1.165, 1.54) is 29.2 Å². The summed E-state index contributed by atoms with van der Waals surface area (Å²) in [6, 6.07) is 9.24. The number of hydrogen-bond donors (Lipinski definition) is 1. The van der Waals surface area contributed by atoms with Crippen molar-refractivity contribution in [3.05, 3.63) is 70.2 Å². The largest absolute Gasteiger partial charge is 0.352 e. The summed E-state index contributed by atoms with van der Waals surface area (Å²) >= 11 is 6.04. The van der Waals surface area contributed by atoms with Crippen LogP contribution in [0.15, 0.2) is 42.5 Å². The van der Waals surface area contributed by atoms with E-state index in [1.807, 2.05) is 13.8 Å². The molecular formula is C22H25ClF2N2O2. The van der Waals surface area contributed by atoms with Crippen molar-refractivity contribution in [1.29, 1.82) is 0 Å². The molecule has 2 rings (SSSR count). The molecule has 29 heavy (non-hydrogen) atoms. The standard InChI is InChI=1S/C22H25ClF2N2O2/c1-4-14(2)26-22(29)15(3)27(13-16-8-5-6-10-19(16)24)21(28)12-17-18(23)9-7-11-20(17)25/h5-11,14-15H,4,12-13H2,1-3H3,(H,26,29)/t14-,15-/m1/s1. The molecule has 0 fully saturated rings. The Morgan fingerprint density at radius 3 is 2.34 bits per heavy atom. The lowest BCUT2D eigenvalue weighted by molar-refractivity contribution is -0.140. The van der Waals surface area contributed by atoms with E-state index in [0.29, 0.717) is 0 Å². The number of amides is 2. The predicted octanol–water partition coefficient (Wildman–Crippen LogP) is 4.49. The zero-order valence-corrected chi connectivity index (χ0v) is 17.5. The minimum absolute atomic E-state index is 0.0484. The average Bonchev–Trinajstić information content (AvgIpc) is 2.69. The zero-order valence-electron chi connectivity index (χ0n) is 16.7. The third-order valence-corrected chi connectivity index (χ3v) is 5.21. The molecule has 0 aliphatic heterocycles. The highest BCUT2D eigenvalue weighted by molar-refractivity contribution is 6.31. The molecule has 0 saturated carbocycles. The summed E-state index contributed by atoms with van der Waals surface area (Å²) in [5, 5.41) is 2.95. The molecule has 0 radical (unpaired) electrons. The van der Waals surface area contributed by atoms with E-state index >= 15 is 0 Å². The van der Waals surface area contributed by atoms with Gasteiger partial charge >= 0.3 is 0 Å². The fourth-order valence-corrected chi connectivity index (χ4v) is 3.04. The lowest BCUT2D eigenvalue weighted by atomic mass is 10.1. The lowest BCUT2D eigenvalue weighted by Gasteiger charge is -2.30. The van der Waals surface area contributed by atoms with Crippen LogP contribution in [-0.4, -0.2) is 28.8 Å². The van der Waals surface area contributed by atoms with Crippen molar-refractivity contribution in [1.82, 2.24) is 10.2 Å². The first-order valence-corrected chi connectivity index (χ1v) is 9.88. The maximum atomic E-state index is 14.2. The van der Waals surface area contributed by atoms with Gasteiger partial charge in [-0.1, -0.05) is 42.8 Å². The van der Waals surface area contributed by atoms with Gasteiger partial charge in [-0.05, 0) is 38.5 Å². The van der Waals surface area contributed by atoms with Gasteiger partial charge in [-0.3, -0.25) is 9.59 Å². The maximum absolute atomic E-state index is 14.2. The summed E-state index contributed by atoms with van der Waals surface area (Å²) in [6.45, 7) is 5.23. The molecule has 0 heterocycles. The number of hydrogen-bond acceptors (Lipinski definition) is 2. The monoisotopic (exact) mass is 422 g/mol. The highest BCUT2D eigenvalue weighted by Crippen LogP contribution is 2.22. The quantitative estimate of drug-likeness (QED) is 0.681. The second-order valence-corrected chi connectivity index (χ2v) is 7.39. The van der Waals surface area contributed by atoms with Crippen molar-refractivity contribution in [3.8, 4) is 0 Å². The highest BCUT2D eigenvalue weighted by atomic mass is 35.5. The fraction of sp³-hybridized carbons (Fsp3) is 0.364. The van der Waals surface area contributed by atoms with Crippen molar-refractivity contribution >= 4 is 23.4 Å². The van der Waals surface area contributed by atoms with Gasteiger partial charge in [-0.2, -0.15) is 0 Å². The predicted molar refractivity (Wildman–Crippen MR) is 109 cm³/mol. The van der Waals surface area contributed by atoms with Crippen LogP contribution in [0.1, 0.15) is 38.3 Å². The Kier molecular flexibility index (Phi) is 8.14. The van der Waals surface area contributed by atoms with Crippen LogP contribution in [-0.2, 0) is 22.6 Å². The summed E-state index contributed by atoms with van der Waals surface area (Å²) in [5.41, 5.74) is 0.316. The summed E-state index contributed by atoms with van der Waals surface area (Å²) in [5.74, 6) is -1.96. The van der Waals surface area contributed by atoms with E-state index in [-0.39, 0.29) is 41.1 Å². The van der Waals surface area contributed by atoms with Gasteiger partial charge < -0.3 is 10.2 Å². The minimum Gasteiger partial charge on any atom is -0.352 e. The van der Waals surface area contributed by atoms with Gasteiger partial charge in [-0.25, -0.2) is 8.78 Å². The number of rotatable bonds is 8. The zero-order chi connectivity index (χ0) is 21.6. The van der Waals surface area contributed by atoms with E-state index in [0.717, 1.165) is 6.42 Å². The van der Waals surface area contributed by atoms with Gasteiger partial charge in [0.25, 0.3) is 0 Å².